The lowest BCUT2D eigenvalue weighted by Crippen LogP contribution is -2.22. The molecule has 132 valence electrons. The first-order valence-corrected chi connectivity index (χ1v) is 8.77. The Kier molecular flexibility index (Phi) is 6.47. The van der Waals surface area contributed by atoms with E-state index >= 15 is 0 Å². The number of methoxy groups -OCH3 is 1. The standard InChI is InChI=1S/C19H22N2O3S/c1-12-5-8-16(9-6-12)25-13(2)19(23)21-17-11-15(20-14(3)22)7-10-18(17)24-4/h5-11,13H,1-4H3,(H,20,22)(H,21,23). The second-order valence-corrected chi connectivity index (χ2v) is 7.07. The highest BCUT2D eigenvalue weighted by Crippen LogP contribution is 2.30. The van der Waals surface area contributed by atoms with Gasteiger partial charge < -0.3 is 15.4 Å². The zero-order valence-corrected chi connectivity index (χ0v) is 15.6. The van der Waals surface area contributed by atoms with Crippen LogP contribution in [0.2, 0.25) is 0 Å². The topological polar surface area (TPSA) is 67.4 Å². The zero-order chi connectivity index (χ0) is 18.4. The smallest absolute Gasteiger partial charge is 0.237 e. The molecule has 1 atom stereocenters. The van der Waals surface area contributed by atoms with Crippen molar-refractivity contribution in [3.8, 4) is 5.75 Å². The molecule has 6 heteroatoms. The van der Waals surface area contributed by atoms with E-state index < -0.39 is 0 Å². The monoisotopic (exact) mass is 358 g/mol. The van der Waals surface area contributed by atoms with Gasteiger partial charge in [-0.05, 0) is 44.2 Å². The van der Waals surface area contributed by atoms with Crippen molar-refractivity contribution >= 4 is 35.0 Å². The van der Waals surface area contributed by atoms with Crippen LogP contribution in [0.1, 0.15) is 19.4 Å². The first-order chi connectivity index (χ1) is 11.9. The summed E-state index contributed by atoms with van der Waals surface area (Å²) in [5.41, 5.74) is 2.30. The van der Waals surface area contributed by atoms with Gasteiger partial charge in [-0.2, -0.15) is 0 Å². The van der Waals surface area contributed by atoms with E-state index in [1.54, 1.807) is 18.2 Å². The molecule has 0 saturated heterocycles. The van der Waals surface area contributed by atoms with Crippen molar-refractivity contribution < 1.29 is 14.3 Å². The van der Waals surface area contributed by atoms with Crippen molar-refractivity contribution in [3.63, 3.8) is 0 Å². The van der Waals surface area contributed by atoms with Gasteiger partial charge in [-0.3, -0.25) is 9.59 Å². The lowest BCUT2D eigenvalue weighted by molar-refractivity contribution is -0.115. The van der Waals surface area contributed by atoms with Gasteiger partial charge in [0.25, 0.3) is 0 Å². The van der Waals surface area contributed by atoms with Gasteiger partial charge in [0.05, 0.1) is 18.0 Å². The van der Waals surface area contributed by atoms with Crippen LogP contribution in [0.25, 0.3) is 0 Å². The SMILES string of the molecule is COc1ccc(NC(C)=O)cc1NC(=O)C(C)Sc1ccc(C)cc1. The molecule has 0 aliphatic rings. The number of nitrogens with one attached hydrogen (secondary N) is 2. The van der Waals surface area contributed by atoms with Crippen molar-refractivity contribution in [1.82, 2.24) is 0 Å². The summed E-state index contributed by atoms with van der Waals surface area (Å²) in [5, 5.41) is 5.28. The molecule has 0 aromatic heterocycles. The fourth-order valence-corrected chi connectivity index (χ4v) is 3.06. The average molecular weight is 358 g/mol. The van der Waals surface area contributed by atoms with Crippen molar-refractivity contribution in [2.24, 2.45) is 0 Å². The van der Waals surface area contributed by atoms with E-state index in [1.807, 2.05) is 38.1 Å². The minimum atomic E-state index is -0.281. The lowest BCUT2D eigenvalue weighted by atomic mass is 10.2. The predicted molar refractivity (Wildman–Crippen MR) is 102 cm³/mol. The van der Waals surface area contributed by atoms with E-state index in [-0.39, 0.29) is 17.1 Å². The Hall–Kier alpha value is -2.47. The molecule has 2 aromatic carbocycles. The van der Waals surface area contributed by atoms with Gasteiger partial charge >= 0.3 is 0 Å². The van der Waals surface area contributed by atoms with Gasteiger partial charge in [-0.25, -0.2) is 0 Å². The Balaban J connectivity index is 2.09. The van der Waals surface area contributed by atoms with E-state index in [4.69, 9.17) is 4.74 Å². The minimum absolute atomic E-state index is 0.135. The Labute approximate surface area is 152 Å². The number of rotatable bonds is 6. The largest absolute Gasteiger partial charge is 0.495 e. The molecule has 0 fully saturated rings. The van der Waals surface area contributed by atoms with Gasteiger partial charge in [0.1, 0.15) is 5.75 Å². The van der Waals surface area contributed by atoms with E-state index in [2.05, 4.69) is 10.6 Å². The van der Waals surface area contributed by atoms with Gasteiger partial charge in [0.15, 0.2) is 0 Å². The minimum Gasteiger partial charge on any atom is -0.495 e. The third-order valence-electron chi connectivity index (χ3n) is 3.48. The molecule has 0 aliphatic carbocycles. The molecule has 5 nitrogen and oxygen atoms in total. The van der Waals surface area contributed by atoms with Crippen LogP contribution in [-0.4, -0.2) is 24.2 Å². The normalized spacial score (nSPS) is 11.5. The van der Waals surface area contributed by atoms with Crippen LogP contribution in [0.4, 0.5) is 11.4 Å². The zero-order valence-electron chi connectivity index (χ0n) is 14.8. The van der Waals surface area contributed by atoms with Crippen molar-refractivity contribution in [2.75, 3.05) is 17.7 Å². The summed E-state index contributed by atoms with van der Waals surface area (Å²) in [4.78, 5) is 24.7. The third kappa shape index (κ3) is 5.53. The summed E-state index contributed by atoms with van der Waals surface area (Å²) >= 11 is 1.49. The molecule has 0 heterocycles. The first kappa shape index (κ1) is 18.9. The molecule has 2 aromatic rings. The molecular weight excluding hydrogens is 336 g/mol. The van der Waals surface area contributed by atoms with Crippen LogP contribution in [0.3, 0.4) is 0 Å². The second kappa shape index (κ2) is 8.58. The van der Waals surface area contributed by atoms with Crippen molar-refractivity contribution in [3.05, 3.63) is 48.0 Å². The maximum Gasteiger partial charge on any atom is 0.237 e. The Morgan fingerprint density at radius 2 is 1.76 bits per heavy atom. The molecule has 2 rings (SSSR count). The summed E-state index contributed by atoms with van der Waals surface area (Å²) in [6.07, 6.45) is 0. The quantitative estimate of drug-likeness (QED) is 0.764. The van der Waals surface area contributed by atoms with Crippen LogP contribution in [-0.2, 0) is 9.59 Å². The van der Waals surface area contributed by atoms with Crippen molar-refractivity contribution in [2.45, 2.75) is 30.9 Å². The summed E-state index contributed by atoms with van der Waals surface area (Å²) in [6, 6.07) is 13.2. The summed E-state index contributed by atoms with van der Waals surface area (Å²) in [7, 11) is 1.54. The number of hydrogen-bond donors (Lipinski definition) is 2. The van der Waals surface area contributed by atoms with Gasteiger partial charge in [0.2, 0.25) is 11.8 Å². The number of carbonyl (C=O) groups excluding carboxylic acids is 2. The average Bonchev–Trinajstić information content (AvgIpc) is 2.56. The van der Waals surface area contributed by atoms with Crippen molar-refractivity contribution in [1.29, 1.82) is 0 Å². The first-order valence-electron chi connectivity index (χ1n) is 7.89. The molecule has 0 aliphatic heterocycles. The van der Waals surface area contributed by atoms with Gasteiger partial charge in [-0.15, -0.1) is 11.8 Å². The Bertz CT molecular complexity index is 760. The van der Waals surface area contributed by atoms with E-state index in [0.717, 1.165) is 4.90 Å². The maximum atomic E-state index is 12.5. The van der Waals surface area contributed by atoms with Gasteiger partial charge in [0, 0.05) is 17.5 Å². The predicted octanol–water partition coefficient (Wildman–Crippen LogP) is 4.08. The number of anilines is 2. The molecule has 0 saturated carbocycles. The van der Waals surface area contributed by atoms with E-state index in [1.165, 1.54) is 31.4 Å². The number of ether oxygens (including phenoxy) is 1. The van der Waals surface area contributed by atoms with E-state index in [0.29, 0.717) is 17.1 Å². The molecule has 0 radical (unpaired) electrons. The number of benzene rings is 2. The summed E-state index contributed by atoms with van der Waals surface area (Å²) < 4.78 is 5.28. The van der Waals surface area contributed by atoms with Crippen LogP contribution >= 0.6 is 11.8 Å². The molecule has 0 bridgehead atoms. The fraction of sp³-hybridized carbons (Fsp3) is 0.263. The maximum absolute atomic E-state index is 12.5. The molecule has 2 N–H and O–H groups in total. The molecule has 25 heavy (non-hydrogen) atoms. The number of hydrogen-bond acceptors (Lipinski definition) is 4. The number of aryl methyl sites for hydroxylation is 1. The number of carbonyl (C=O) groups is 2. The van der Waals surface area contributed by atoms with Gasteiger partial charge in [-0.1, -0.05) is 17.7 Å². The highest BCUT2D eigenvalue weighted by molar-refractivity contribution is 8.00. The summed E-state index contributed by atoms with van der Waals surface area (Å²) in [6.45, 7) is 5.31. The van der Waals surface area contributed by atoms with Crippen LogP contribution in [0.15, 0.2) is 47.4 Å². The molecular formula is C19H22N2O3S. The molecule has 1 unspecified atom stereocenters. The summed E-state index contributed by atoms with van der Waals surface area (Å²) in [5.74, 6) is 0.226. The van der Waals surface area contributed by atoms with E-state index in [9.17, 15) is 9.59 Å². The Morgan fingerprint density at radius 3 is 2.36 bits per heavy atom. The van der Waals surface area contributed by atoms with Crippen LogP contribution in [0.5, 0.6) is 5.75 Å². The number of thioether (sulfide) groups is 1. The van der Waals surface area contributed by atoms with Crippen LogP contribution < -0.4 is 15.4 Å². The third-order valence-corrected chi connectivity index (χ3v) is 4.59. The molecule has 0 spiro atoms. The molecule has 2 amide bonds. The lowest BCUT2D eigenvalue weighted by Gasteiger charge is -2.15. The fourth-order valence-electron chi connectivity index (χ4n) is 2.20. The second-order valence-electron chi connectivity index (χ2n) is 5.66. The number of amides is 2. The highest BCUT2D eigenvalue weighted by atomic mass is 32.2. The highest BCUT2D eigenvalue weighted by Gasteiger charge is 2.17. The van der Waals surface area contributed by atoms with Crippen LogP contribution in [0, 0.1) is 6.92 Å². The Morgan fingerprint density at radius 1 is 1.08 bits per heavy atom.